The summed E-state index contributed by atoms with van der Waals surface area (Å²) in [5, 5.41) is 3.31. The molecule has 5 heteroatoms. The normalized spacial score (nSPS) is 10.6. The Morgan fingerprint density at radius 1 is 1.13 bits per heavy atom. The Morgan fingerprint density at radius 3 is 2.57 bits per heavy atom. The SMILES string of the molecule is COC(=O)c1cccc(NC(=O)/C=C/c2ccccc2Cl)c1C. The second kappa shape index (κ2) is 7.61. The van der Waals surface area contributed by atoms with Crippen LogP contribution < -0.4 is 5.32 Å². The summed E-state index contributed by atoms with van der Waals surface area (Å²) in [6, 6.07) is 12.3. The van der Waals surface area contributed by atoms with E-state index in [-0.39, 0.29) is 5.91 Å². The van der Waals surface area contributed by atoms with Gasteiger partial charge in [0.25, 0.3) is 0 Å². The number of carbonyl (C=O) groups excluding carboxylic acids is 2. The van der Waals surface area contributed by atoms with E-state index in [1.165, 1.54) is 13.2 Å². The summed E-state index contributed by atoms with van der Waals surface area (Å²) < 4.78 is 4.72. The van der Waals surface area contributed by atoms with Crippen LogP contribution >= 0.6 is 11.6 Å². The smallest absolute Gasteiger partial charge is 0.338 e. The molecule has 0 atom stereocenters. The number of ether oxygens (including phenoxy) is 1. The van der Waals surface area contributed by atoms with E-state index >= 15 is 0 Å². The molecule has 4 nitrogen and oxygen atoms in total. The number of hydrogen-bond donors (Lipinski definition) is 1. The third-order valence-electron chi connectivity index (χ3n) is 3.32. The highest BCUT2D eigenvalue weighted by Crippen LogP contribution is 2.20. The second-order valence-electron chi connectivity index (χ2n) is 4.81. The minimum absolute atomic E-state index is 0.310. The molecule has 1 amide bonds. The molecule has 0 fully saturated rings. The van der Waals surface area contributed by atoms with Crippen molar-refractivity contribution in [2.75, 3.05) is 12.4 Å². The van der Waals surface area contributed by atoms with Crippen molar-refractivity contribution in [3.05, 3.63) is 70.3 Å². The number of methoxy groups -OCH3 is 1. The van der Waals surface area contributed by atoms with Gasteiger partial charge in [-0.15, -0.1) is 0 Å². The zero-order valence-electron chi connectivity index (χ0n) is 12.8. The maximum absolute atomic E-state index is 12.0. The van der Waals surface area contributed by atoms with Crippen LogP contribution in [0.15, 0.2) is 48.5 Å². The molecule has 0 aromatic heterocycles. The van der Waals surface area contributed by atoms with E-state index in [0.29, 0.717) is 21.8 Å². The van der Waals surface area contributed by atoms with Crippen LogP contribution in [0.5, 0.6) is 0 Å². The highest BCUT2D eigenvalue weighted by Gasteiger charge is 2.12. The number of benzene rings is 2. The Hall–Kier alpha value is -2.59. The van der Waals surface area contributed by atoms with Gasteiger partial charge in [-0.05, 0) is 42.3 Å². The average Bonchev–Trinajstić information content (AvgIpc) is 2.55. The fourth-order valence-electron chi connectivity index (χ4n) is 2.05. The number of amides is 1. The van der Waals surface area contributed by atoms with Crippen LogP contribution in [0, 0.1) is 6.92 Å². The van der Waals surface area contributed by atoms with Crippen LogP contribution in [-0.2, 0) is 9.53 Å². The monoisotopic (exact) mass is 329 g/mol. The molecule has 2 aromatic rings. The summed E-state index contributed by atoms with van der Waals surface area (Å²) in [4.78, 5) is 23.7. The van der Waals surface area contributed by atoms with Crippen LogP contribution in [0.2, 0.25) is 5.02 Å². The predicted octanol–water partition coefficient (Wildman–Crippen LogP) is 4.09. The molecule has 118 valence electrons. The minimum atomic E-state index is -0.440. The Morgan fingerprint density at radius 2 is 1.87 bits per heavy atom. The third-order valence-corrected chi connectivity index (χ3v) is 3.66. The van der Waals surface area contributed by atoms with Gasteiger partial charge in [-0.2, -0.15) is 0 Å². The first-order chi connectivity index (χ1) is 11.0. The molecule has 0 spiro atoms. The van der Waals surface area contributed by atoms with Gasteiger partial charge in [0.15, 0.2) is 0 Å². The summed E-state index contributed by atoms with van der Waals surface area (Å²) in [7, 11) is 1.32. The van der Waals surface area contributed by atoms with Crippen molar-refractivity contribution in [1.29, 1.82) is 0 Å². The van der Waals surface area contributed by atoms with Crippen LogP contribution in [0.3, 0.4) is 0 Å². The zero-order chi connectivity index (χ0) is 16.8. The number of carbonyl (C=O) groups is 2. The van der Waals surface area contributed by atoms with Crippen molar-refractivity contribution < 1.29 is 14.3 Å². The summed E-state index contributed by atoms with van der Waals surface area (Å²) in [6.07, 6.45) is 3.03. The molecule has 0 aliphatic carbocycles. The van der Waals surface area contributed by atoms with Gasteiger partial charge in [0.1, 0.15) is 0 Å². The second-order valence-corrected chi connectivity index (χ2v) is 5.22. The first-order valence-corrected chi connectivity index (χ1v) is 7.32. The Kier molecular flexibility index (Phi) is 5.55. The van der Waals surface area contributed by atoms with E-state index < -0.39 is 5.97 Å². The molecule has 0 heterocycles. The van der Waals surface area contributed by atoms with Crippen LogP contribution in [0.1, 0.15) is 21.5 Å². The van der Waals surface area contributed by atoms with Gasteiger partial charge < -0.3 is 10.1 Å². The Labute approximate surface area is 139 Å². The molecular weight excluding hydrogens is 314 g/mol. The van der Waals surface area contributed by atoms with Gasteiger partial charge in [0.2, 0.25) is 5.91 Å². The number of halogens is 1. The standard InChI is InChI=1S/C18H16ClNO3/c1-12-14(18(22)23-2)7-5-9-16(12)20-17(21)11-10-13-6-3-4-8-15(13)19/h3-11H,1-2H3,(H,20,21)/b11-10+. The lowest BCUT2D eigenvalue weighted by Gasteiger charge is -2.10. The van der Waals surface area contributed by atoms with Crippen LogP contribution in [0.4, 0.5) is 5.69 Å². The van der Waals surface area contributed by atoms with Crippen molar-refractivity contribution in [3.63, 3.8) is 0 Å². The molecule has 0 radical (unpaired) electrons. The van der Waals surface area contributed by atoms with Gasteiger partial charge in [0, 0.05) is 16.8 Å². The van der Waals surface area contributed by atoms with Crippen molar-refractivity contribution >= 4 is 35.2 Å². The zero-order valence-corrected chi connectivity index (χ0v) is 13.6. The number of nitrogens with one attached hydrogen (secondary N) is 1. The largest absolute Gasteiger partial charge is 0.465 e. The molecule has 2 aromatic carbocycles. The average molecular weight is 330 g/mol. The van der Waals surface area contributed by atoms with Crippen LogP contribution in [-0.4, -0.2) is 19.0 Å². The summed E-state index contributed by atoms with van der Waals surface area (Å²) in [5.41, 5.74) is 2.38. The quantitative estimate of drug-likeness (QED) is 0.679. The summed E-state index contributed by atoms with van der Waals surface area (Å²) >= 11 is 6.03. The van der Waals surface area contributed by atoms with Crippen molar-refractivity contribution in [2.45, 2.75) is 6.92 Å². The lowest BCUT2D eigenvalue weighted by molar-refractivity contribution is -0.111. The van der Waals surface area contributed by atoms with Crippen LogP contribution in [0.25, 0.3) is 6.08 Å². The molecule has 23 heavy (non-hydrogen) atoms. The Balaban J connectivity index is 2.15. The highest BCUT2D eigenvalue weighted by atomic mass is 35.5. The molecule has 2 rings (SSSR count). The number of rotatable bonds is 4. The molecule has 0 unspecified atom stereocenters. The van der Waals surface area contributed by atoms with E-state index in [4.69, 9.17) is 16.3 Å². The molecular formula is C18H16ClNO3. The first-order valence-electron chi connectivity index (χ1n) is 6.94. The van der Waals surface area contributed by atoms with Crippen molar-refractivity contribution in [3.8, 4) is 0 Å². The minimum Gasteiger partial charge on any atom is -0.465 e. The highest BCUT2D eigenvalue weighted by molar-refractivity contribution is 6.32. The van der Waals surface area contributed by atoms with Gasteiger partial charge in [-0.3, -0.25) is 4.79 Å². The number of anilines is 1. The lowest BCUT2D eigenvalue weighted by Crippen LogP contribution is -2.11. The van der Waals surface area contributed by atoms with Gasteiger partial charge >= 0.3 is 5.97 Å². The van der Waals surface area contributed by atoms with E-state index in [1.807, 2.05) is 18.2 Å². The molecule has 1 N–H and O–H groups in total. The third kappa shape index (κ3) is 4.20. The first kappa shape index (κ1) is 16.8. The van der Waals surface area contributed by atoms with Crippen molar-refractivity contribution in [1.82, 2.24) is 0 Å². The predicted molar refractivity (Wildman–Crippen MR) is 91.6 cm³/mol. The van der Waals surface area contributed by atoms with Gasteiger partial charge in [-0.25, -0.2) is 4.79 Å². The van der Waals surface area contributed by atoms with E-state index in [0.717, 1.165) is 5.56 Å². The number of hydrogen-bond acceptors (Lipinski definition) is 3. The lowest BCUT2D eigenvalue weighted by atomic mass is 10.1. The van der Waals surface area contributed by atoms with E-state index in [2.05, 4.69) is 5.32 Å². The summed E-state index contributed by atoms with van der Waals surface area (Å²) in [6.45, 7) is 1.75. The molecule has 0 aliphatic heterocycles. The topological polar surface area (TPSA) is 55.4 Å². The van der Waals surface area contributed by atoms with Gasteiger partial charge in [-0.1, -0.05) is 35.9 Å². The maximum atomic E-state index is 12.0. The van der Waals surface area contributed by atoms with E-state index in [9.17, 15) is 9.59 Å². The van der Waals surface area contributed by atoms with Crippen molar-refractivity contribution in [2.24, 2.45) is 0 Å². The molecule has 0 saturated heterocycles. The molecule has 0 aliphatic rings. The fraction of sp³-hybridized carbons (Fsp3) is 0.111. The summed E-state index contributed by atoms with van der Waals surface area (Å²) in [5.74, 6) is -0.750. The maximum Gasteiger partial charge on any atom is 0.338 e. The number of esters is 1. The molecule has 0 bridgehead atoms. The van der Waals surface area contributed by atoms with Gasteiger partial charge in [0.05, 0.1) is 12.7 Å². The Bertz CT molecular complexity index is 769. The van der Waals surface area contributed by atoms with E-state index in [1.54, 1.807) is 37.3 Å². The fourth-order valence-corrected chi connectivity index (χ4v) is 2.25. The molecule has 0 saturated carbocycles.